The van der Waals surface area contributed by atoms with Crippen LogP contribution in [0.5, 0.6) is 11.5 Å². The number of rotatable bonds is 5. The Bertz CT molecular complexity index is 6180. The Labute approximate surface area is 532 Å². The summed E-state index contributed by atoms with van der Waals surface area (Å²) in [5, 5.41) is 13.8. The number of aryl methyl sites for hydroxylation is 3. The number of ether oxygens (including phenoxy) is 1. The second-order valence-electron chi connectivity index (χ2n) is 27.4. The van der Waals surface area contributed by atoms with Gasteiger partial charge in [0.25, 0.3) is 6.71 Å². The van der Waals surface area contributed by atoms with Crippen LogP contribution < -0.4 is 26.2 Å². The van der Waals surface area contributed by atoms with Gasteiger partial charge in [-0.3, -0.25) is 0 Å². The monoisotopic (exact) mass is 1180 g/mol. The summed E-state index contributed by atoms with van der Waals surface area (Å²) in [6.07, 6.45) is 3.45. The van der Waals surface area contributed by atoms with Gasteiger partial charge in [0.05, 0.1) is 44.7 Å². The number of nitrogens with zero attached hydrogens (tertiary/aromatic N) is 5. The Morgan fingerprint density at radius 2 is 0.837 bits per heavy atom. The largest absolute Gasteiger partial charge is 0.458 e. The minimum atomic E-state index is -0.0817. The first-order valence-corrected chi connectivity index (χ1v) is 32.5. The van der Waals surface area contributed by atoms with Crippen molar-refractivity contribution in [3.63, 3.8) is 0 Å². The molecule has 0 saturated heterocycles. The number of hydrogen-bond donors (Lipinski definition) is 0. The van der Waals surface area contributed by atoms with E-state index in [-0.39, 0.29) is 18.2 Å². The van der Waals surface area contributed by atoms with Crippen molar-refractivity contribution in [2.75, 3.05) is 0 Å². The maximum Gasteiger partial charge on any atom is 0.251 e. The molecule has 1 atom stereocenters. The molecule has 3 aliphatic rings. The zero-order chi connectivity index (χ0) is 61.2. The lowest BCUT2D eigenvalue weighted by Gasteiger charge is -2.37. The molecule has 0 bridgehead atoms. The van der Waals surface area contributed by atoms with Crippen LogP contribution in [0.3, 0.4) is 0 Å². The molecule has 1 aliphatic carbocycles. The van der Waals surface area contributed by atoms with Crippen LogP contribution in [0.4, 0.5) is 0 Å². The van der Waals surface area contributed by atoms with Crippen LogP contribution >= 0.6 is 0 Å². The highest BCUT2D eigenvalue weighted by atomic mass is 16.5. The van der Waals surface area contributed by atoms with Crippen molar-refractivity contribution in [3.8, 4) is 45.4 Å². The van der Waals surface area contributed by atoms with Gasteiger partial charge in [-0.25, -0.2) is 0 Å². The standard InChI is InChI=1S/C85H62BN5O/c1-49-39-50(2)82(51(3)40-49)52-41-79-83-81(42-52)92-80-38-31-53(85(4,5)6)43-68(80)86(83)69-48-57(90-75-30-18-12-24-63(75)65-45-55(33-36-77(65)90)88-72-27-15-9-21-60(72)61-22-10-16-28-73(61)88)47-67-66-46-56(34-37-78(66)91(79)84(67)69)89-74-29-17-11-23-62(74)64-44-54(32-35-76(64)89)87-70-25-13-7-19-58(70)59-20-8-14-26-71(59)87/h7-47,57H,48H2,1-6H3. The number of hydrogen-bond acceptors (Lipinski definition) is 1. The summed E-state index contributed by atoms with van der Waals surface area (Å²) in [6, 6.07) is 91.5. The zero-order valence-corrected chi connectivity index (χ0v) is 52.2. The van der Waals surface area contributed by atoms with E-state index >= 15 is 0 Å². The van der Waals surface area contributed by atoms with Crippen molar-refractivity contribution in [1.29, 1.82) is 0 Å². The van der Waals surface area contributed by atoms with Gasteiger partial charge in [-0.2, -0.15) is 0 Å². The van der Waals surface area contributed by atoms with Crippen LogP contribution in [0.2, 0.25) is 0 Å². The minimum Gasteiger partial charge on any atom is -0.458 e. The predicted molar refractivity (Wildman–Crippen MR) is 386 cm³/mol. The summed E-state index contributed by atoms with van der Waals surface area (Å²) in [5.74, 6) is 1.87. The third-order valence-corrected chi connectivity index (χ3v) is 21.1. The molecule has 17 aromatic rings. The van der Waals surface area contributed by atoms with E-state index in [1.165, 1.54) is 164 Å². The highest BCUT2D eigenvalue weighted by Gasteiger charge is 2.44. The van der Waals surface area contributed by atoms with Crippen molar-refractivity contribution in [1.82, 2.24) is 22.8 Å². The average molecular weight is 1180 g/mol. The van der Waals surface area contributed by atoms with Crippen molar-refractivity contribution < 1.29 is 4.74 Å². The van der Waals surface area contributed by atoms with Crippen LogP contribution in [-0.2, 0) is 5.41 Å². The molecule has 0 saturated carbocycles. The van der Waals surface area contributed by atoms with Gasteiger partial charge in [-0.15, -0.1) is 0 Å². The van der Waals surface area contributed by atoms with E-state index in [9.17, 15) is 0 Å². The van der Waals surface area contributed by atoms with E-state index in [1.807, 2.05) is 0 Å². The van der Waals surface area contributed by atoms with Crippen molar-refractivity contribution in [2.45, 2.75) is 59.4 Å². The van der Waals surface area contributed by atoms with E-state index in [4.69, 9.17) is 4.74 Å². The number of fused-ring (bicyclic) bond motifs is 19. The van der Waals surface area contributed by atoms with Gasteiger partial charge in [0.2, 0.25) is 0 Å². The van der Waals surface area contributed by atoms with Crippen molar-refractivity contribution in [2.24, 2.45) is 0 Å². The fraction of sp³-hybridized carbons (Fsp3) is 0.106. The van der Waals surface area contributed by atoms with Crippen molar-refractivity contribution in [3.05, 3.63) is 275 Å². The maximum atomic E-state index is 7.39. The van der Waals surface area contributed by atoms with Gasteiger partial charge in [-0.05, 0) is 181 Å². The van der Waals surface area contributed by atoms with Crippen molar-refractivity contribution >= 4 is 127 Å². The van der Waals surface area contributed by atoms with E-state index in [0.717, 1.165) is 35.0 Å². The molecule has 0 spiro atoms. The molecule has 5 aromatic heterocycles. The van der Waals surface area contributed by atoms with E-state index < -0.39 is 0 Å². The highest BCUT2D eigenvalue weighted by molar-refractivity contribution is 7.00. The number of para-hydroxylation sites is 6. The molecule has 7 heterocycles. The molecule has 12 aromatic carbocycles. The first-order valence-electron chi connectivity index (χ1n) is 32.5. The second-order valence-corrected chi connectivity index (χ2v) is 27.4. The molecule has 6 nitrogen and oxygen atoms in total. The molecular weight excluding hydrogens is 1120 g/mol. The molecule has 20 rings (SSSR count). The number of aromatic nitrogens is 5. The molecule has 436 valence electrons. The second kappa shape index (κ2) is 18.6. The van der Waals surface area contributed by atoms with E-state index in [2.05, 4.69) is 313 Å². The van der Waals surface area contributed by atoms with Gasteiger partial charge >= 0.3 is 0 Å². The summed E-state index contributed by atoms with van der Waals surface area (Å²) < 4.78 is 20.1. The van der Waals surface area contributed by atoms with Gasteiger partial charge in [0.1, 0.15) is 11.5 Å². The third kappa shape index (κ3) is 7.05. The Kier molecular flexibility index (Phi) is 10.5. The number of benzene rings is 12. The molecule has 7 heteroatoms. The Morgan fingerprint density at radius 1 is 0.402 bits per heavy atom. The molecular formula is C85H62BN5O. The van der Waals surface area contributed by atoms with E-state index in [1.54, 1.807) is 0 Å². The normalized spacial score (nSPS) is 14.4. The topological polar surface area (TPSA) is 33.9 Å². The lowest BCUT2D eigenvalue weighted by molar-refractivity contribution is 0.486. The molecule has 2 aliphatic heterocycles. The Hall–Kier alpha value is -11.0. The van der Waals surface area contributed by atoms with Crippen LogP contribution in [0, 0.1) is 20.8 Å². The van der Waals surface area contributed by atoms with Gasteiger partial charge in [0, 0.05) is 92.8 Å². The lowest BCUT2D eigenvalue weighted by Crippen LogP contribution is -2.57. The highest BCUT2D eigenvalue weighted by Crippen LogP contribution is 2.45. The quantitative estimate of drug-likeness (QED) is 0.158. The Morgan fingerprint density at radius 3 is 1.37 bits per heavy atom. The van der Waals surface area contributed by atoms with E-state index in [0.29, 0.717) is 0 Å². The third-order valence-electron chi connectivity index (χ3n) is 21.1. The molecule has 0 fully saturated rings. The lowest BCUT2D eigenvalue weighted by atomic mass is 9.33. The van der Waals surface area contributed by atoms with Gasteiger partial charge < -0.3 is 27.6 Å². The molecule has 0 N–H and O–H groups in total. The summed E-state index contributed by atoms with van der Waals surface area (Å²) in [4.78, 5) is 0. The summed E-state index contributed by atoms with van der Waals surface area (Å²) >= 11 is 0. The summed E-state index contributed by atoms with van der Waals surface area (Å²) in [7, 11) is 0. The average Bonchev–Trinajstić information content (AvgIpc) is 1.38. The maximum absolute atomic E-state index is 7.39. The van der Waals surface area contributed by atoms with Crippen LogP contribution in [0.1, 0.15) is 55.5 Å². The first-order chi connectivity index (χ1) is 45.0. The van der Waals surface area contributed by atoms with Gasteiger partial charge in [-0.1, -0.05) is 171 Å². The van der Waals surface area contributed by atoms with Crippen LogP contribution in [0.25, 0.3) is 144 Å². The SMILES string of the molecule is Cc1cc(C)c(-c2cc3c4c(c2)-n2c5c(c6cc(-n7c8ccccc8c8cc(-n9c%10ccccc%10c%10ccccc%109)ccc87)ccc62)=CC(n2c6ccccc6c6cc(-n7c8ccccc8c8ccccc87)ccc62)CC=5B4c2cc(C(C)(C)C)ccc2O3)c(C)c1. The minimum absolute atomic E-state index is 0.0478. The summed E-state index contributed by atoms with van der Waals surface area (Å²) in [6.45, 7) is 13.7. The fourth-order valence-electron chi connectivity index (χ4n) is 17.4. The van der Waals surface area contributed by atoms with Gasteiger partial charge in [0.15, 0.2) is 0 Å². The molecule has 0 radical (unpaired) electrons. The summed E-state index contributed by atoms with van der Waals surface area (Å²) in [5.41, 5.74) is 26.8. The van der Waals surface area contributed by atoms with Crippen LogP contribution in [-0.4, -0.2) is 29.5 Å². The Balaban J connectivity index is 0.868. The predicted octanol–water partition coefficient (Wildman–Crippen LogP) is 18.8. The molecule has 1 unspecified atom stereocenters. The van der Waals surface area contributed by atoms with Crippen LogP contribution in [0.15, 0.2) is 243 Å². The molecule has 92 heavy (non-hydrogen) atoms. The fourth-order valence-corrected chi connectivity index (χ4v) is 17.4. The smallest absolute Gasteiger partial charge is 0.251 e. The first kappa shape index (κ1) is 51.8. The molecule has 0 amide bonds. The zero-order valence-electron chi connectivity index (χ0n) is 52.2.